The van der Waals surface area contributed by atoms with Gasteiger partial charge in [0, 0.05) is 27.6 Å². The zero-order chi connectivity index (χ0) is 26.5. The Morgan fingerprint density at radius 1 is 1.06 bits per heavy atom. The molecule has 0 aromatic heterocycles. The fraction of sp³-hybridized carbons (Fsp3) is 0.318. The lowest BCUT2D eigenvalue weighted by atomic mass is 9.86. The van der Waals surface area contributed by atoms with E-state index < -0.39 is 48.6 Å². The third-order valence-electron chi connectivity index (χ3n) is 5.61. The van der Waals surface area contributed by atoms with Crippen molar-refractivity contribution in [1.29, 1.82) is 0 Å². The number of rotatable bonds is 4. The number of nitrogens with zero attached hydrogens (tertiary/aromatic N) is 2. The fourth-order valence-corrected chi connectivity index (χ4v) is 4.32. The fourth-order valence-electron chi connectivity index (χ4n) is 3.79. The number of alkyl halides is 6. The molecule has 0 radical (unpaired) electrons. The molecule has 0 saturated heterocycles. The van der Waals surface area contributed by atoms with E-state index >= 15 is 0 Å². The molecule has 1 N–H and O–H groups in total. The molecule has 2 aliphatic rings. The normalized spacial score (nSPS) is 22.0. The molecule has 2 heterocycles. The number of nitrogens with one attached hydrogen (secondary N) is 1. The third-order valence-corrected chi connectivity index (χ3v) is 6.04. The van der Waals surface area contributed by atoms with Crippen molar-refractivity contribution >= 4 is 40.5 Å². The summed E-state index contributed by atoms with van der Waals surface area (Å²) in [6.45, 7) is 1.51. The second kappa shape index (κ2) is 9.15. The zero-order valence-electron chi connectivity index (χ0n) is 18.1. The summed E-state index contributed by atoms with van der Waals surface area (Å²) in [4.78, 5) is 22.1. The van der Waals surface area contributed by atoms with Crippen LogP contribution < -0.4 is 5.32 Å². The van der Waals surface area contributed by atoms with Gasteiger partial charge in [0.1, 0.15) is 0 Å². The highest BCUT2D eigenvalue weighted by Crippen LogP contribution is 2.49. The first kappa shape index (κ1) is 26.1. The van der Waals surface area contributed by atoms with E-state index in [4.69, 9.17) is 28.0 Å². The number of hydrogen-bond donors (Lipinski definition) is 1. The van der Waals surface area contributed by atoms with Crippen molar-refractivity contribution in [1.82, 2.24) is 5.32 Å². The number of aryl methyl sites for hydroxylation is 1. The number of oxime groups is 2. The van der Waals surface area contributed by atoms with E-state index in [0.717, 1.165) is 12.1 Å². The Labute approximate surface area is 209 Å². The first-order valence-electron chi connectivity index (χ1n) is 10.2. The van der Waals surface area contributed by atoms with Gasteiger partial charge in [0.05, 0.1) is 12.1 Å². The second-order valence-electron chi connectivity index (χ2n) is 8.13. The Bertz CT molecular complexity index is 1260. The van der Waals surface area contributed by atoms with Crippen LogP contribution in [0.4, 0.5) is 26.3 Å². The maximum Gasteiger partial charge on any atom is 0.435 e. The molecule has 4 rings (SSSR count). The lowest BCUT2D eigenvalue weighted by Crippen LogP contribution is -2.42. The van der Waals surface area contributed by atoms with Crippen molar-refractivity contribution in [3.8, 4) is 0 Å². The van der Waals surface area contributed by atoms with Gasteiger partial charge in [0.25, 0.3) is 11.5 Å². The van der Waals surface area contributed by atoms with Crippen molar-refractivity contribution in [3.63, 3.8) is 0 Å². The molecule has 0 aliphatic carbocycles. The number of halogens is 8. The second-order valence-corrected chi connectivity index (χ2v) is 9.00. The summed E-state index contributed by atoms with van der Waals surface area (Å²) < 4.78 is 80.6. The van der Waals surface area contributed by atoms with Crippen LogP contribution in [-0.4, -0.2) is 35.9 Å². The summed E-state index contributed by atoms with van der Waals surface area (Å²) >= 11 is 11.8. The Morgan fingerprint density at radius 3 is 2.28 bits per heavy atom. The maximum atomic E-state index is 14.2. The molecule has 2 aliphatic heterocycles. The number of hydrogen-bond acceptors (Lipinski definition) is 5. The Kier molecular flexibility index (Phi) is 6.63. The van der Waals surface area contributed by atoms with Gasteiger partial charge >= 0.3 is 12.4 Å². The smallest absolute Gasteiger partial charge is 0.374 e. The number of benzene rings is 2. The largest absolute Gasteiger partial charge is 0.435 e. The summed E-state index contributed by atoms with van der Waals surface area (Å²) in [5.41, 5.74) is -3.69. The molecule has 2 atom stereocenters. The molecule has 1 amide bonds. The number of carbonyl (C=O) groups is 1. The van der Waals surface area contributed by atoms with Crippen LogP contribution in [0.5, 0.6) is 0 Å². The van der Waals surface area contributed by atoms with Crippen LogP contribution in [0.15, 0.2) is 46.7 Å². The van der Waals surface area contributed by atoms with Crippen LogP contribution in [0.25, 0.3) is 0 Å². The van der Waals surface area contributed by atoms with Crippen molar-refractivity contribution in [2.75, 3.05) is 0 Å². The monoisotopic (exact) mass is 553 g/mol. The van der Waals surface area contributed by atoms with Gasteiger partial charge in [-0.2, -0.15) is 26.3 Å². The van der Waals surface area contributed by atoms with E-state index in [0.29, 0.717) is 5.56 Å². The summed E-state index contributed by atoms with van der Waals surface area (Å²) in [5.74, 6) is -0.745. The van der Waals surface area contributed by atoms with Crippen LogP contribution in [0.3, 0.4) is 0 Å². The third kappa shape index (κ3) is 4.96. The van der Waals surface area contributed by atoms with E-state index in [1.165, 1.54) is 31.2 Å². The minimum Gasteiger partial charge on any atom is -0.374 e. The number of amides is 1. The highest BCUT2D eigenvalue weighted by molar-refractivity contribution is 6.34. The minimum absolute atomic E-state index is 0.0108. The van der Waals surface area contributed by atoms with Gasteiger partial charge in [0.2, 0.25) is 6.23 Å². The summed E-state index contributed by atoms with van der Waals surface area (Å²) in [6, 6.07) is 7.56. The van der Waals surface area contributed by atoms with Crippen LogP contribution in [0.2, 0.25) is 10.0 Å². The maximum absolute atomic E-state index is 14.2. The van der Waals surface area contributed by atoms with E-state index in [9.17, 15) is 31.1 Å². The Morgan fingerprint density at radius 2 is 1.72 bits per heavy atom. The average Bonchev–Trinajstić information content (AvgIpc) is 3.40. The van der Waals surface area contributed by atoms with Crippen LogP contribution in [-0.2, 0) is 15.3 Å². The molecule has 0 fully saturated rings. The molecular weight excluding hydrogens is 539 g/mol. The lowest BCUT2D eigenvalue weighted by molar-refractivity contribution is -0.275. The molecule has 0 bridgehead atoms. The first-order chi connectivity index (χ1) is 16.7. The highest BCUT2D eigenvalue weighted by Gasteiger charge is 2.62. The van der Waals surface area contributed by atoms with Crippen LogP contribution >= 0.6 is 23.2 Å². The van der Waals surface area contributed by atoms with Crippen LogP contribution in [0.1, 0.15) is 39.9 Å². The topological polar surface area (TPSA) is 72.3 Å². The zero-order valence-corrected chi connectivity index (χ0v) is 19.6. The molecule has 0 spiro atoms. The van der Waals surface area contributed by atoms with Gasteiger partial charge in [-0.3, -0.25) is 4.79 Å². The predicted octanol–water partition coefficient (Wildman–Crippen LogP) is 6.28. The molecule has 2 aromatic carbocycles. The lowest BCUT2D eigenvalue weighted by Gasteiger charge is -2.29. The molecule has 2 aromatic rings. The molecule has 14 heteroatoms. The van der Waals surface area contributed by atoms with Gasteiger partial charge in [-0.1, -0.05) is 39.6 Å². The summed E-state index contributed by atoms with van der Waals surface area (Å²) in [5, 5.41) is 8.86. The number of carbonyl (C=O) groups excluding carboxylic acids is 1. The van der Waals surface area contributed by atoms with Gasteiger partial charge in [-0.25, -0.2) is 0 Å². The van der Waals surface area contributed by atoms with E-state index in [-0.39, 0.29) is 32.4 Å². The van der Waals surface area contributed by atoms with Gasteiger partial charge < -0.3 is 15.0 Å². The Balaban J connectivity index is 1.52. The SMILES string of the molecule is Cc1cc(C2=NO[C@@](c3cc(Cl)cc(Cl)c3)(C(F)(F)F)C2)ccc1C(=O)N[C@@H]1CC(C(F)(F)F)=NO1. The first-order valence-corrected chi connectivity index (χ1v) is 11.0. The molecule has 192 valence electrons. The van der Waals surface area contributed by atoms with Crippen molar-refractivity contribution < 1.29 is 40.8 Å². The predicted molar refractivity (Wildman–Crippen MR) is 118 cm³/mol. The molecular formula is C22H15Cl2F6N3O3. The Hall–Kier alpha value is -2.99. The van der Waals surface area contributed by atoms with Gasteiger partial charge in [-0.05, 0) is 48.4 Å². The average molecular weight is 554 g/mol. The molecule has 36 heavy (non-hydrogen) atoms. The summed E-state index contributed by atoms with van der Waals surface area (Å²) in [6.07, 6.45) is -12.2. The van der Waals surface area contributed by atoms with E-state index in [2.05, 4.69) is 20.5 Å². The van der Waals surface area contributed by atoms with Crippen molar-refractivity contribution in [3.05, 3.63) is 68.7 Å². The van der Waals surface area contributed by atoms with E-state index in [1.807, 2.05) is 0 Å². The molecule has 6 nitrogen and oxygen atoms in total. The van der Waals surface area contributed by atoms with Crippen molar-refractivity contribution in [2.24, 2.45) is 10.3 Å². The standard InChI is InChI=1S/C22H15Cl2F6N3O3/c1-10-4-11(2-3-15(10)19(34)31-18-8-17(33-35-18)21(25,26)27)16-9-20(36-32-16,22(28,29)30)12-5-13(23)7-14(24)6-12/h2-7,18H,8-9H2,1H3,(H,31,34)/t18-,20-/m0/s1. The molecule has 0 saturated carbocycles. The van der Waals surface area contributed by atoms with E-state index in [1.54, 1.807) is 0 Å². The van der Waals surface area contributed by atoms with Gasteiger partial charge in [0.15, 0.2) is 5.71 Å². The van der Waals surface area contributed by atoms with Crippen molar-refractivity contribution in [2.45, 2.75) is 43.9 Å². The molecule has 0 unspecified atom stereocenters. The van der Waals surface area contributed by atoms with Gasteiger partial charge in [-0.15, -0.1) is 0 Å². The summed E-state index contributed by atoms with van der Waals surface area (Å²) in [7, 11) is 0. The highest BCUT2D eigenvalue weighted by atomic mass is 35.5. The quantitative estimate of drug-likeness (QED) is 0.453. The van der Waals surface area contributed by atoms with Crippen LogP contribution in [0, 0.1) is 6.92 Å². The minimum atomic E-state index is -4.88.